The maximum Gasteiger partial charge on any atom is 0.127 e. The second-order valence-corrected chi connectivity index (χ2v) is 6.00. The Morgan fingerprint density at radius 2 is 2.10 bits per heavy atom. The third-order valence-electron chi connectivity index (χ3n) is 4.93. The summed E-state index contributed by atoms with van der Waals surface area (Å²) in [6.07, 6.45) is 2.40. The molecule has 0 aliphatic heterocycles. The minimum Gasteiger partial charge on any atom is -0.378 e. The van der Waals surface area contributed by atoms with Crippen molar-refractivity contribution in [2.75, 3.05) is 6.61 Å². The van der Waals surface area contributed by atoms with Crippen LogP contribution in [0.2, 0.25) is 0 Å². The van der Waals surface area contributed by atoms with Crippen LogP contribution in [-0.2, 0) is 4.74 Å². The van der Waals surface area contributed by atoms with Gasteiger partial charge in [0.1, 0.15) is 5.82 Å². The van der Waals surface area contributed by atoms with E-state index in [-0.39, 0.29) is 17.3 Å². The lowest BCUT2D eigenvalue weighted by Crippen LogP contribution is -2.62. The predicted octanol–water partition coefficient (Wildman–Crippen LogP) is 4.07. The van der Waals surface area contributed by atoms with Crippen LogP contribution in [-0.4, -0.2) is 18.8 Å². The van der Waals surface area contributed by atoms with Gasteiger partial charge in [-0.1, -0.05) is 32.0 Å². The third-order valence-corrected chi connectivity index (χ3v) is 4.93. The highest BCUT2D eigenvalue weighted by Gasteiger charge is 2.51. The van der Waals surface area contributed by atoms with Crippen LogP contribution < -0.4 is 5.32 Å². The fraction of sp³-hybridized carbons (Fsp3) is 0.647. The van der Waals surface area contributed by atoms with E-state index in [0.717, 1.165) is 25.0 Å². The molecule has 1 N–H and O–H groups in total. The molecule has 0 saturated heterocycles. The van der Waals surface area contributed by atoms with Crippen LogP contribution in [0.4, 0.5) is 4.39 Å². The zero-order valence-electron chi connectivity index (χ0n) is 12.9. The van der Waals surface area contributed by atoms with Gasteiger partial charge in [-0.05, 0) is 32.8 Å². The molecule has 1 aromatic rings. The molecule has 1 aliphatic rings. The van der Waals surface area contributed by atoms with Crippen molar-refractivity contribution in [3.63, 3.8) is 0 Å². The van der Waals surface area contributed by atoms with E-state index in [0.29, 0.717) is 12.1 Å². The van der Waals surface area contributed by atoms with Crippen molar-refractivity contribution in [3.8, 4) is 0 Å². The Balaban J connectivity index is 2.02. The molecule has 1 fully saturated rings. The van der Waals surface area contributed by atoms with Gasteiger partial charge in [-0.2, -0.15) is 0 Å². The molecule has 20 heavy (non-hydrogen) atoms. The van der Waals surface area contributed by atoms with Crippen molar-refractivity contribution in [3.05, 3.63) is 35.6 Å². The second-order valence-electron chi connectivity index (χ2n) is 6.00. The van der Waals surface area contributed by atoms with Crippen LogP contribution >= 0.6 is 0 Å². The first-order chi connectivity index (χ1) is 9.52. The van der Waals surface area contributed by atoms with Gasteiger partial charge < -0.3 is 10.1 Å². The largest absolute Gasteiger partial charge is 0.378 e. The number of benzene rings is 1. The Bertz CT molecular complexity index is 450. The van der Waals surface area contributed by atoms with E-state index < -0.39 is 0 Å². The normalized spacial score (nSPS) is 30.9. The van der Waals surface area contributed by atoms with Gasteiger partial charge >= 0.3 is 0 Å². The molecule has 1 saturated carbocycles. The van der Waals surface area contributed by atoms with Gasteiger partial charge in [0.25, 0.3) is 0 Å². The maximum absolute atomic E-state index is 13.8. The molecule has 0 aromatic heterocycles. The first-order valence-corrected chi connectivity index (χ1v) is 7.65. The quantitative estimate of drug-likeness (QED) is 0.847. The molecule has 3 heteroatoms. The number of rotatable bonds is 6. The van der Waals surface area contributed by atoms with Gasteiger partial charge in [0.2, 0.25) is 0 Å². The molecule has 3 unspecified atom stereocenters. The Morgan fingerprint density at radius 3 is 2.70 bits per heavy atom. The average molecular weight is 279 g/mol. The fourth-order valence-electron chi connectivity index (χ4n) is 3.23. The summed E-state index contributed by atoms with van der Waals surface area (Å²) in [6, 6.07) is 7.41. The maximum atomic E-state index is 13.8. The summed E-state index contributed by atoms with van der Waals surface area (Å²) in [6.45, 7) is 9.30. The summed E-state index contributed by atoms with van der Waals surface area (Å²) in [5, 5.41) is 3.58. The molecule has 0 spiro atoms. The van der Waals surface area contributed by atoms with E-state index in [1.807, 2.05) is 26.0 Å². The van der Waals surface area contributed by atoms with E-state index >= 15 is 0 Å². The van der Waals surface area contributed by atoms with E-state index in [2.05, 4.69) is 19.2 Å². The van der Waals surface area contributed by atoms with Crippen LogP contribution in [0.1, 0.15) is 52.1 Å². The number of nitrogens with one attached hydrogen (secondary N) is 1. The summed E-state index contributed by atoms with van der Waals surface area (Å²) < 4.78 is 19.6. The van der Waals surface area contributed by atoms with Gasteiger partial charge in [0, 0.05) is 29.7 Å². The lowest BCUT2D eigenvalue weighted by Gasteiger charge is -2.54. The molecule has 2 rings (SSSR count). The summed E-state index contributed by atoms with van der Waals surface area (Å²) in [7, 11) is 0. The van der Waals surface area contributed by atoms with Gasteiger partial charge in [-0.15, -0.1) is 0 Å². The van der Waals surface area contributed by atoms with Crippen molar-refractivity contribution in [2.45, 2.75) is 58.7 Å². The van der Waals surface area contributed by atoms with Gasteiger partial charge in [-0.3, -0.25) is 0 Å². The van der Waals surface area contributed by atoms with E-state index in [4.69, 9.17) is 4.74 Å². The summed E-state index contributed by atoms with van der Waals surface area (Å²) in [5.41, 5.74) is 0.890. The van der Waals surface area contributed by atoms with E-state index in [1.54, 1.807) is 6.07 Å². The number of hydrogen-bond acceptors (Lipinski definition) is 2. The first kappa shape index (κ1) is 15.5. The highest BCUT2D eigenvalue weighted by molar-refractivity contribution is 5.21. The van der Waals surface area contributed by atoms with Gasteiger partial charge in [0.15, 0.2) is 0 Å². The Hall–Kier alpha value is -0.930. The monoisotopic (exact) mass is 279 g/mol. The molecule has 0 bridgehead atoms. The zero-order chi connectivity index (χ0) is 14.8. The molecule has 0 heterocycles. The molecular formula is C17H26FNO. The first-order valence-electron chi connectivity index (χ1n) is 7.65. The van der Waals surface area contributed by atoms with Crippen LogP contribution in [0.15, 0.2) is 24.3 Å². The van der Waals surface area contributed by atoms with E-state index in [1.165, 1.54) is 6.07 Å². The summed E-state index contributed by atoms with van der Waals surface area (Å²) in [5.74, 6) is -0.133. The lowest BCUT2D eigenvalue weighted by atomic mass is 9.61. The van der Waals surface area contributed by atoms with Crippen molar-refractivity contribution in [1.82, 2.24) is 5.32 Å². The number of ether oxygens (including phenoxy) is 1. The third kappa shape index (κ3) is 2.75. The topological polar surface area (TPSA) is 21.3 Å². The number of halogens is 1. The van der Waals surface area contributed by atoms with Crippen molar-refractivity contribution < 1.29 is 9.13 Å². The van der Waals surface area contributed by atoms with Crippen molar-refractivity contribution >= 4 is 0 Å². The second kappa shape index (κ2) is 6.23. The van der Waals surface area contributed by atoms with Crippen LogP contribution in [0.25, 0.3) is 0 Å². The minimum atomic E-state index is -0.133. The average Bonchev–Trinajstić information content (AvgIpc) is 2.45. The molecule has 1 aromatic carbocycles. The molecule has 0 radical (unpaired) electrons. The summed E-state index contributed by atoms with van der Waals surface area (Å²) in [4.78, 5) is 0. The zero-order valence-corrected chi connectivity index (χ0v) is 12.9. The number of hydrogen-bond donors (Lipinski definition) is 1. The minimum absolute atomic E-state index is 0.0228. The van der Waals surface area contributed by atoms with Gasteiger partial charge in [-0.25, -0.2) is 4.39 Å². The van der Waals surface area contributed by atoms with Crippen LogP contribution in [0.5, 0.6) is 0 Å². The van der Waals surface area contributed by atoms with Crippen LogP contribution in [0.3, 0.4) is 0 Å². The molecular weight excluding hydrogens is 253 g/mol. The molecule has 2 nitrogen and oxygen atoms in total. The summed E-state index contributed by atoms with van der Waals surface area (Å²) >= 11 is 0. The highest BCUT2D eigenvalue weighted by Crippen LogP contribution is 2.46. The fourth-order valence-corrected chi connectivity index (χ4v) is 3.23. The Labute approximate surface area is 121 Å². The molecule has 1 aliphatic carbocycles. The molecule has 112 valence electrons. The smallest absolute Gasteiger partial charge is 0.127 e. The SMILES string of the molecule is CCOC1CC(N[C@H](C)c2ccccc2F)C1(C)CC. The Morgan fingerprint density at radius 1 is 1.40 bits per heavy atom. The van der Waals surface area contributed by atoms with Crippen molar-refractivity contribution in [2.24, 2.45) is 5.41 Å². The molecule has 0 amide bonds. The van der Waals surface area contributed by atoms with Crippen LogP contribution in [0, 0.1) is 11.2 Å². The molecule has 4 atom stereocenters. The van der Waals surface area contributed by atoms with Crippen molar-refractivity contribution in [1.29, 1.82) is 0 Å². The standard InChI is InChI=1S/C17H26FNO/c1-5-17(4)15(11-16(17)20-6-2)19-12(3)13-9-7-8-10-14(13)18/h7-10,12,15-16,19H,5-6,11H2,1-4H3/t12-,15?,16?,17?/m1/s1. The highest BCUT2D eigenvalue weighted by atomic mass is 19.1. The lowest BCUT2D eigenvalue weighted by molar-refractivity contribution is -0.127. The predicted molar refractivity (Wildman–Crippen MR) is 80.2 cm³/mol. The van der Waals surface area contributed by atoms with Gasteiger partial charge in [0.05, 0.1) is 6.10 Å². The van der Waals surface area contributed by atoms with E-state index in [9.17, 15) is 4.39 Å². The Kier molecular flexibility index (Phi) is 4.82.